The van der Waals surface area contributed by atoms with Crippen molar-refractivity contribution in [2.75, 3.05) is 0 Å². The van der Waals surface area contributed by atoms with Crippen LogP contribution in [0.25, 0.3) is 89.4 Å². The Kier molecular flexibility index (Phi) is 8.57. The predicted molar refractivity (Wildman–Crippen MR) is 220 cm³/mol. The first-order valence-corrected chi connectivity index (χ1v) is 17.9. The van der Waals surface area contributed by atoms with E-state index in [2.05, 4.69) is 164 Å². The number of fused-ring (bicyclic) bond motifs is 1. The van der Waals surface area contributed by atoms with E-state index in [1.54, 1.807) is 0 Å². The second-order valence-electron chi connectivity index (χ2n) is 13.2. The first-order valence-electron chi connectivity index (χ1n) is 17.9. The van der Waals surface area contributed by atoms with Crippen LogP contribution < -0.4 is 0 Å². The molecule has 0 bridgehead atoms. The van der Waals surface area contributed by atoms with Crippen LogP contribution >= 0.6 is 0 Å². The summed E-state index contributed by atoms with van der Waals surface area (Å²) in [4.78, 5) is 15.5. The lowest BCUT2D eigenvalue weighted by atomic mass is 9.89. The maximum absolute atomic E-state index is 9.26. The molecule has 0 radical (unpaired) electrons. The minimum absolute atomic E-state index is 0.586. The van der Waals surface area contributed by atoms with Crippen LogP contribution in [0.3, 0.4) is 0 Å². The van der Waals surface area contributed by atoms with Crippen LogP contribution in [0.4, 0.5) is 0 Å². The summed E-state index contributed by atoms with van der Waals surface area (Å²) in [5.74, 6) is 1.78. The number of nitriles is 1. The van der Waals surface area contributed by atoms with Crippen molar-refractivity contribution >= 4 is 10.8 Å². The molecule has 0 atom stereocenters. The van der Waals surface area contributed by atoms with E-state index in [4.69, 9.17) is 15.0 Å². The summed E-state index contributed by atoms with van der Waals surface area (Å²) in [6.07, 6.45) is 0. The minimum Gasteiger partial charge on any atom is -0.208 e. The molecule has 252 valence electrons. The van der Waals surface area contributed by atoms with Crippen LogP contribution in [0.1, 0.15) is 5.56 Å². The number of aromatic nitrogens is 3. The Labute approximate surface area is 314 Å². The Morgan fingerprint density at radius 1 is 0.315 bits per heavy atom. The molecule has 0 saturated heterocycles. The number of rotatable bonds is 7. The predicted octanol–water partition coefficient (Wildman–Crippen LogP) is 12.6. The highest BCUT2D eigenvalue weighted by Gasteiger charge is 2.19. The van der Waals surface area contributed by atoms with Gasteiger partial charge in [-0.3, -0.25) is 0 Å². The highest BCUT2D eigenvalue weighted by atomic mass is 15.0. The van der Waals surface area contributed by atoms with Gasteiger partial charge in [0, 0.05) is 22.3 Å². The first kappa shape index (κ1) is 32.4. The van der Waals surface area contributed by atoms with Gasteiger partial charge >= 0.3 is 0 Å². The summed E-state index contributed by atoms with van der Waals surface area (Å²) in [6.45, 7) is 0. The molecule has 9 aromatic rings. The Bertz CT molecular complexity index is 2790. The molecule has 0 fully saturated rings. The number of nitrogens with zero attached hydrogens (tertiary/aromatic N) is 4. The van der Waals surface area contributed by atoms with Crippen molar-refractivity contribution in [3.63, 3.8) is 0 Å². The molecule has 1 heterocycles. The van der Waals surface area contributed by atoms with Gasteiger partial charge in [-0.15, -0.1) is 0 Å². The molecule has 4 heteroatoms. The minimum atomic E-state index is 0.586. The SMILES string of the molecule is N#Cc1ccc(-c2ccc(-c3nc(-c4ccc(-c5ccccc5)cc4)nc(-c4cccc(-c5ccccc5)c4-c4ccc5ccccc5c4)n3)cc2)cc1. The van der Waals surface area contributed by atoms with E-state index < -0.39 is 0 Å². The standard InChI is InChI=1S/C50H32N4/c51-33-34-18-20-37(21-19-34)39-24-29-42(30-25-39)49-52-48(41-27-22-38(23-28-41)35-10-3-1-4-11-35)53-50(54-49)46-17-9-16-45(40-13-5-2-6-14-40)47(46)44-31-26-36-12-7-8-15-43(36)32-44/h1-32H. The zero-order valence-corrected chi connectivity index (χ0v) is 29.3. The monoisotopic (exact) mass is 688 g/mol. The first-order chi connectivity index (χ1) is 26.7. The smallest absolute Gasteiger partial charge is 0.164 e. The van der Waals surface area contributed by atoms with E-state index in [1.807, 2.05) is 36.4 Å². The van der Waals surface area contributed by atoms with E-state index in [9.17, 15) is 5.26 Å². The van der Waals surface area contributed by atoms with Gasteiger partial charge in [0.05, 0.1) is 11.6 Å². The molecule has 0 aliphatic rings. The summed E-state index contributed by atoms with van der Waals surface area (Å²) >= 11 is 0. The second-order valence-corrected chi connectivity index (χ2v) is 13.2. The van der Waals surface area contributed by atoms with Gasteiger partial charge < -0.3 is 0 Å². The van der Waals surface area contributed by atoms with E-state index in [-0.39, 0.29) is 0 Å². The van der Waals surface area contributed by atoms with Crippen molar-refractivity contribution in [3.8, 4) is 84.7 Å². The molecule has 0 unspecified atom stereocenters. The van der Waals surface area contributed by atoms with Crippen LogP contribution in [0.15, 0.2) is 194 Å². The van der Waals surface area contributed by atoms with Gasteiger partial charge in [-0.05, 0) is 67.9 Å². The van der Waals surface area contributed by atoms with Gasteiger partial charge in [-0.25, -0.2) is 15.0 Å². The van der Waals surface area contributed by atoms with E-state index in [0.29, 0.717) is 23.0 Å². The van der Waals surface area contributed by atoms with E-state index >= 15 is 0 Å². The summed E-state index contributed by atoms with van der Waals surface area (Å²) in [5.41, 5.74) is 12.1. The lowest BCUT2D eigenvalue weighted by Crippen LogP contribution is -2.02. The highest BCUT2D eigenvalue weighted by molar-refractivity contribution is 5.97. The van der Waals surface area contributed by atoms with Crippen LogP contribution in [0.2, 0.25) is 0 Å². The van der Waals surface area contributed by atoms with Gasteiger partial charge in [0.1, 0.15) is 0 Å². The van der Waals surface area contributed by atoms with Gasteiger partial charge in [0.25, 0.3) is 0 Å². The Balaban J connectivity index is 1.23. The zero-order chi connectivity index (χ0) is 36.3. The van der Waals surface area contributed by atoms with Crippen LogP contribution in [0, 0.1) is 11.3 Å². The third kappa shape index (κ3) is 6.43. The van der Waals surface area contributed by atoms with Crippen molar-refractivity contribution in [1.29, 1.82) is 5.26 Å². The van der Waals surface area contributed by atoms with Gasteiger partial charge in [-0.2, -0.15) is 5.26 Å². The third-order valence-electron chi connectivity index (χ3n) is 9.80. The highest BCUT2D eigenvalue weighted by Crippen LogP contribution is 2.41. The Morgan fingerprint density at radius 2 is 0.759 bits per heavy atom. The van der Waals surface area contributed by atoms with Crippen LogP contribution in [0.5, 0.6) is 0 Å². The molecule has 0 aliphatic carbocycles. The van der Waals surface area contributed by atoms with Crippen molar-refractivity contribution in [3.05, 3.63) is 200 Å². The quantitative estimate of drug-likeness (QED) is 0.167. The molecule has 9 rings (SSSR count). The Morgan fingerprint density at radius 3 is 1.35 bits per heavy atom. The summed E-state index contributed by atoms with van der Waals surface area (Å²) in [5, 5.41) is 11.6. The van der Waals surface area contributed by atoms with Crippen molar-refractivity contribution < 1.29 is 0 Å². The lowest BCUT2D eigenvalue weighted by Gasteiger charge is -2.17. The maximum Gasteiger partial charge on any atom is 0.164 e. The molecular formula is C50H32N4. The van der Waals surface area contributed by atoms with Crippen molar-refractivity contribution in [1.82, 2.24) is 15.0 Å². The third-order valence-corrected chi connectivity index (χ3v) is 9.80. The maximum atomic E-state index is 9.26. The number of hydrogen-bond donors (Lipinski definition) is 0. The van der Waals surface area contributed by atoms with E-state index in [0.717, 1.165) is 61.2 Å². The average Bonchev–Trinajstić information content (AvgIpc) is 3.26. The molecule has 1 aromatic heterocycles. The number of benzene rings is 8. The molecule has 54 heavy (non-hydrogen) atoms. The van der Waals surface area contributed by atoms with Crippen molar-refractivity contribution in [2.24, 2.45) is 0 Å². The van der Waals surface area contributed by atoms with Crippen LogP contribution in [-0.4, -0.2) is 15.0 Å². The molecule has 0 aliphatic heterocycles. The average molecular weight is 689 g/mol. The fourth-order valence-corrected chi connectivity index (χ4v) is 7.00. The lowest BCUT2D eigenvalue weighted by molar-refractivity contribution is 1.07. The largest absolute Gasteiger partial charge is 0.208 e. The number of hydrogen-bond acceptors (Lipinski definition) is 4. The molecule has 4 nitrogen and oxygen atoms in total. The molecule has 0 spiro atoms. The Hall–Kier alpha value is -7.48. The van der Waals surface area contributed by atoms with Gasteiger partial charge in [0.2, 0.25) is 0 Å². The topological polar surface area (TPSA) is 62.5 Å². The summed E-state index contributed by atoms with van der Waals surface area (Å²) in [6, 6.07) is 68.8. The van der Waals surface area contributed by atoms with Crippen molar-refractivity contribution in [2.45, 2.75) is 0 Å². The molecule has 0 saturated carbocycles. The second kappa shape index (κ2) is 14.3. The van der Waals surface area contributed by atoms with Crippen LogP contribution in [-0.2, 0) is 0 Å². The molecule has 8 aromatic carbocycles. The molecule has 0 N–H and O–H groups in total. The molecular weight excluding hydrogens is 657 g/mol. The van der Waals surface area contributed by atoms with Gasteiger partial charge in [-0.1, -0.05) is 176 Å². The summed E-state index contributed by atoms with van der Waals surface area (Å²) < 4.78 is 0. The van der Waals surface area contributed by atoms with Gasteiger partial charge in [0.15, 0.2) is 17.5 Å². The normalized spacial score (nSPS) is 10.9. The van der Waals surface area contributed by atoms with E-state index in [1.165, 1.54) is 10.8 Å². The fourth-order valence-electron chi connectivity index (χ4n) is 7.00. The fraction of sp³-hybridized carbons (Fsp3) is 0. The molecule has 0 amide bonds. The zero-order valence-electron chi connectivity index (χ0n) is 29.3. The summed E-state index contributed by atoms with van der Waals surface area (Å²) in [7, 11) is 0.